The molecule has 0 unspecified atom stereocenters. The molecule has 0 amide bonds. The number of carbonyl (C=O) groups is 1. The first-order valence-corrected chi connectivity index (χ1v) is 7.07. The molecule has 0 fully saturated rings. The monoisotopic (exact) mass is 251 g/mol. The maximum absolute atomic E-state index is 11.4. The van der Waals surface area contributed by atoms with Crippen LogP contribution in [0.25, 0.3) is 0 Å². The minimum Gasteiger partial charge on any atom is -0.469 e. The largest absolute Gasteiger partial charge is 0.469 e. The first-order valence-electron chi connectivity index (χ1n) is 5.18. The molecule has 0 heterocycles. The Morgan fingerprint density at radius 3 is 2.38 bits per heavy atom. The van der Waals surface area contributed by atoms with Crippen molar-refractivity contribution in [3.63, 3.8) is 0 Å². The Morgan fingerprint density at radius 2 is 1.94 bits per heavy atom. The van der Waals surface area contributed by atoms with Crippen LogP contribution in [0.3, 0.4) is 0 Å². The third kappa shape index (κ3) is 5.46. The SMILES string of the molecule is COC(=O)CCCNCC(C)(C)S(C)(=O)=O. The molecule has 0 aliphatic carbocycles. The summed E-state index contributed by atoms with van der Waals surface area (Å²) in [6.45, 7) is 4.34. The molecule has 0 aromatic carbocycles. The fraction of sp³-hybridized carbons (Fsp3) is 0.900. The van der Waals surface area contributed by atoms with Gasteiger partial charge in [-0.3, -0.25) is 4.79 Å². The van der Waals surface area contributed by atoms with Gasteiger partial charge in [0.15, 0.2) is 9.84 Å². The second-order valence-corrected chi connectivity index (χ2v) is 7.04. The van der Waals surface area contributed by atoms with Crippen molar-refractivity contribution < 1.29 is 17.9 Å². The van der Waals surface area contributed by atoms with Gasteiger partial charge >= 0.3 is 5.97 Å². The van der Waals surface area contributed by atoms with Gasteiger partial charge in [0.25, 0.3) is 0 Å². The van der Waals surface area contributed by atoms with Crippen LogP contribution in [0.1, 0.15) is 26.7 Å². The van der Waals surface area contributed by atoms with Gasteiger partial charge in [-0.2, -0.15) is 0 Å². The summed E-state index contributed by atoms with van der Waals surface area (Å²) in [5, 5.41) is 3.02. The van der Waals surface area contributed by atoms with E-state index in [2.05, 4.69) is 10.1 Å². The quantitative estimate of drug-likeness (QED) is 0.522. The molecule has 16 heavy (non-hydrogen) atoms. The molecule has 0 aromatic rings. The number of rotatable bonds is 7. The predicted octanol–water partition coefficient (Wildman–Crippen LogP) is 0.352. The summed E-state index contributed by atoms with van der Waals surface area (Å²) in [4.78, 5) is 10.8. The highest BCUT2D eigenvalue weighted by atomic mass is 32.2. The Morgan fingerprint density at radius 1 is 1.38 bits per heavy atom. The van der Waals surface area contributed by atoms with E-state index in [0.717, 1.165) is 0 Å². The van der Waals surface area contributed by atoms with E-state index in [0.29, 0.717) is 25.9 Å². The van der Waals surface area contributed by atoms with Crippen molar-refractivity contribution in [2.24, 2.45) is 0 Å². The summed E-state index contributed by atoms with van der Waals surface area (Å²) >= 11 is 0. The number of hydrogen-bond acceptors (Lipinski definition) is 5. The van der Waals surface area contributed by atoms with Gasteiger partial charge in [-0.1, -0.05) is 0 Å². The van der Waals surface area contributed by atoms with E-state index in [1.165, 1.54) is 13.4 Å². The van der Waals surface area contributed by atoms with E-state index in [-0.39, 0.29) is 5.97 Å². The number of sulfone groups is 1. The van der Waals surface area contributed by atoms with Gasteiger partial charge in [-0.05, 0) is 26.8 Å². The zero-order valence-electron chi connectivity index (χ0n) is 10.4. The van der Waals surface area contributed by atoms with E-state index >= 15 is 0 Å². The van der Waals surface area contributed by atoms with Crippen molar-refractivity contribution in [3.8, 4) is 0 Å². The molecule has 0 rings (SSSR count). The van der Waals surface area contributed by atoms with Crippen LogP contribution in [0, 0.1) is 0 Å². The highest BCUT2D eigenvalue weighted by molar-refractivity contribution is 7.92. The fourth-order valence-electron chi connectivity index (χ4n) is 0.980. The fourth-order valence-corrected chi connectivity index (χ4v) is 1.34. The van der Waals surface area contributed by atoms with Gasteiger partial charge in [-0.25, -0.2) is 8.42 Å². The molecule has 5 nitrogen and oxygen atoms in total. The molecule has 0 aliphatic rings. The number of methoxy groups -OCH3 is 1. The topological polar surface area (TPSA) is 72.5 Å². The summed E-state index contributed by atoms with van der Waals surface area (Å²) in [7, 11) is -1.71. The van der Waals surface area contributed by atoms with E-state index in [1.807, 2.05) is 0 Å². The van der Waals surface area contributed by atoms with Crippen LogP contribution in [-0.2, 0) is 19.4 Å². The van der Waals surface area contributed by atoms with Gasteiger partial charge in [0.05, 0.1) is 11.9 Å². The van der Waals surface area contributed by atoms with E-state index in [4.69, 9.17) is 0 Å². The minimum atomic E-state index is -3.06. The summed E-state index contributed by atoms with van der Waals surface area (Å²) < 4.78 is 26.4. The normalized spacial score (nSPS) is 12.5. The van der Waals surface area contributed by atoms with Crippen LogP contribution in [0.2, 0.25) is 0 Å². The highest BCUT2D eigenvalue weighted by Crippen LogP contribution is 2.13. The van der Waals surface area contributed by atoms with Crippen LogP contribution in [0.5, 0.6) is 0 Å². The number of nitrogens with one attached hydrogen (secondary N) is 1. The zero-order chi connectivity index (χ0) is 12.8. The molecule has 0 aliphatic heterocycles. The average molecular weight is 251 g/mol. The maximum Gasteiger partial charge on any atom is 0.305 e. The molecule has 0 saturated carbocycles. The molecule has 6 heteroatoms. The summed E-state index contributed by atoms with van der Waals surface area (Å²) in [6, 6.07) is 0. The standard InChI is InChI=1S/C10H21NO4S/c1-10(2,16(4,13)14)8-11-7-5-6-9(12)15-3/h11H,5-8H2,1-4H3. The van der Waals surface area contributed by atoms with Gasteiger partial charge in [0.1, 0.15) is 0 Å². The Bertz CT molecular complexity index is 322. The third-order valence-corrected chi connectivity index (χ3v) is 4.67. The second kappa shape index (κ2) is 6.20. The first kappa shape index (κ1) is 15.4. The molecule has 0 atom stereocenters. The Kier molecular flexibility index (Phi) is 5.96. The van der Waals surface area contributed by atoms with Crippen LogP contribution in [0.4, 0.5) is 0 Å². The predicted molar refractivity (Wildman–Crippen MR) is 63.0 cm³/mol. The molecule has 0 saturated heterocycles. The molecule has 96 valence electrons. The lowest BCUT2D eigenvalue weighted by molar-refractivity contribution is -0.140. The van der Waals surface area contributed by atoms with Crippen LogP contribution in [-0.4, -0.2) is 45.6 Å². The van der Waals surface area contributed by atoms with Crippen LogP contribution < -0.4 is 5.32 Å². The van der Waals surface area contributed by atoms with Crippen molar-refractivity contribution in [2.75, 3.05) is 26.5 Å². The number of ether oxygens (including phenoxy) is 1. The minimum absolute atomic E-state index is 0.246. The lowest BCUT2D eigenvalue weighted by Gasteiger charge is -2.22. The lowest BCUT2D eigenvalue weighted by atomic mass is 10.2. The molecule has 0 aromatic heterocycles. The van der Waals surface area contributed by atoms with Crippen LogP contribution >= 0.6 is 0 Å². The second-order valence-electron chi connectivity index (χ2n) is 4.39. The third-order valence-electron chi connectivity index (χ3n) is 2.52. The van der Waals surface area contributed by atoms with E-state index in [9.17, 15) is 13.2 Å². The molecule has 0 spiro atoms. The average Bonchev–Trinajstić information content (AvgIpc) is 2.15. The molecular formula is C10H21NO4S. The van der Waals surface area contributed by atoms with Gasteiger partial charge in [0.2, 0.25) is 0 Å². The van der Waals surface area contributed by atoms with E-state index < -0.39 is 14.6 Å². The van der Waals surface area contributed by atoms with Gasteiger partial charge < -0.3 is 10.1 Å². The van der Waals surface area contributed by atoms with Gasteiger partial charge in [0, 0.05) is 19.2 Å². The smallest absolute Gasteiger partial charge is 0.305 e. The number of hydrogen-bond donors (Lipinski definition) is 1. The van der Waals surface area contributed by atoms with Crippen molar-refractivity contribution in [1.29, 1.82) is 0 Å². The van der Waals surface area contributed by atoms with Crippen LogP contribution in [0.15, 0.2) is 0 Å². The molecule has 0 bridgehead atoms. The van der Waals surface area contributed by atoms with Crippen molar-refractivity contribution in [1.82, 2.24) is 5.32 Å². The lowest BCUT2D eigenvalue weighted by Crippen LogP contribution is -2.42. The number of carbonyl (C=O) groups excluding carboxylic acids is 1. The maximum atomic E-state index is 11.4. The Hall–Kier alpha value is -0.620. The Labute approximate surface area is 97.5 Å². The molecule has 1 N–H and O–H groups in total. The van der Waals surface area contributed by atoms with Crippen molar-refractivity contribution in [2.45, 2.75) is 31.4 Å². The molecule has 0 radical (unpaired) electrons. The first-order chi connectivity index (χ1) is 7.20. The van der Waals surface area contributed by atoms with Crippen molar-refractivity contribution >= 4 is 15.8 Å². The summed E-state index contributed by atoms with van der Waals surface area (Å²) in [6.07, 6.45) is 2.22. The number of esters is 1. The molecular weight excluding hydrogens is 230 g/mol. The van der Waals surface area contributed by atoms with Crippen molar-refractivity contribution in [3.05, 3.63) is 0 Å². The van der Waals surface area contributed by atoms with Gasteiger partial charge in [-0.15, -0.1) is 0 Å². The summed E-state index contributed by atoms with van der Waals surface area (Å²) in [5.74, 6) is -0.246. The van der Waals surface area contributed by atoms with E-state index in [1.54, 1.807) is 13.8 Å². The summed E-state index contributed by atoms with van der Waals surface area (Å²) in [5.41, 5.74) is 0. The zero-order valence-corrected chi connectivity index (χ0v) is 11.2. The highest BCUT2D eigenvalue weighted by Gasteiger charge is 2.29. The Balaban J connectivity index is 3.79.